The van der Waals surface area contributed by atoms with Crippen molar-refractivity contribution in [2.45, 2.75) is 6.92 Å². The Morgan fingerprint density at radius 2 is 2.00 bits per heavy atom. The summed E-state index contributed by atoms with van der Waals surface area (Å²) in [5.41, 5.74) is 1.20. The zero-order valence-electron chi connectivity index (χ0n) is 8.10. The van der Waals surface area contributed by atoms with E-state index in [1.807, 2.05) is 6.07 Å². The van der Waals surface area contributed by atoms with Crippen LogP contribution < -0.4 is 0 Å². The molecule has 0 aliphatic heterocycles. The second-order valence-corrected chi connectivity index (χ2v) is 3.19. The number of nitrogens with zero attached hydrogens (tertiary/aromatic N) is 1. The molecule has 0 aromatic heterocycles. The normalized spacial score (nSPS) is 9.57. The molecule has 0 spiro atoms. The molecule has 3 nitrogen and oxygen atoms in total. The minimum absolute atomic E-state index is 0.160. The van der Waals surface area contributed by atoms with Crippen LogP contribution in [0.4, 0.5) is 0 Å². The fourth-order valence-electron chi connectivity index (χ4n) is 1.06. The third-order valence-electron chi connectivity index (χ3n) is 1.67. The van der Waals surface area contributed by atoms with Crippen molar-refractivity contribution >= 4 is 5.91 Å². The Balaban J connectivity index is 2.71. The van der Waals surface area contributed by atoms with E-state index in [-0.39, 0.29) is 6.54 Å². The van der Waals surface area contributed by atoms with Gasteiger partial charge in [0.25, 0.3) is 5.91 Å². The van der Waals surface area contributed by atoms with Crippen LogP contribution in [0, 0.1) is 0 Å². The van der Waals surface area contributed by atoms with Gasteiger partial charge in [0.05, 0.1) is 6.54 Å². The molecule has 0 fully saturated rings. The van der Waals surface area contributed by atoms with Gasteiger partial charge in [-0.05, 0) is 19.1 Å². The van der Waals surface area contributed by atoms with Crippen molar-refractivity contribution in [3.05, 3.63) is 48.0 Å². The molecule has 3 heteroatoms. The highest BCUT2D eigenvalue weighted by atomic mass is 16.5. The molecule has 0 atom stereocenters. The first kappa shape index (κ1) is 10.5. The van der Waals surface area contributed by atoms with Crippen molar-refractivity contribution in [1.29, 1.82) is 0 Å². The molecule has 0 radical (unpaired) electrons. The summed E-state index contributed by atoms with van der Waals surface area (Å²) in [6, 6.07) is 8.63. The first-order chi connectivity index (χ1) is 6.61. The fraction of sp³-hybridized carbons (Fsp3) is 0.182. The number of hydrogen-bond donors (Lipinski definition) is 1. The lowest BCUT2D eigenvalue weighted by Crippen LogP contribution is -2.28. The SMILES string of the molecule is C=C(C)CN(O)C(=O)c1ccccc1. The molecular formula is C11H13NO2. The van der Waals surface area contributed by atoms with Gasteiger partial charge >= 0.3 is 0 Å². The quantitative estimate of drug-likeness (QED) is 0.451. The zero-order chi connectivity index (χ0) is 10.6. The molecule has 14 heavy (non-hydrogen) atoms. The van der Waals surface area contributed by atoms with E-state index in [1.165, 1.54) is 0 Å². The molecule has 0 aliphatic rings. The smallest absolute Gasteiger partial charge is 0.277 e. The van der Waals surface area contributed by atoms with E-state index < -0.39 is 5.91 Å². The molecular weight excluding hydrogens is 178 g/mol. The summed E-state index contributed by atoms with van der Waals surface area (Å²) in [5, 5.41) is 10.0. The monoisotopic (exact) mass is 191 g/mol. The van der Waals surface area contributed by atoms with Gasteiger partial charge in [-0.3, -0.25) is 10.0 Å². The van der Waals surface area contributed by atoms with Crippen molar-refractivity contribution < 1.29 is 10.0 Å². The molecule has 1 amide bonds. The number of benzene rings is 1. The van der Waals surface area contributed by atoms with Crippen LogP contribution in [-0.4, -0.2) is 22.7 Å². The summed E-state index contributed by atoms with van der Waals surface area (Å²) in [6.45, 7) is 5.53. The van der Waals surface area contributed by atoms with Crippen LogP contribution in [0.2, 0.25) is 0 Å². The predicted octanol–water partition coefficient (Wildman–Crippen LogP) is 2.09. The standard InChI is InChI=1S/C11H13NO2/c1-9(2)8-12(14)11(13)10-6-4-3-5-7-10/h3-7,14H,1,8H2,2H3. The lowest BCUT2D eigenvalue weighted by atomic mass is 10.2. The highest BCUT2D eigenvalue weighted by Crippen LogP contribution is 2.03. The van der Waals surface area contributed by atoms with Crippen molar-refractivity contribution in [2.24, 2.45) is 0 Å². The van der Waals surface area contributed by atoms with Crippen LogP contribution in [0.3, 0.4) is 0 Å². The minimum atomic E-state index is -0.409. The summed E-state index contributed by atoms with van der Waals surface area (Å²) < 4.78 is 0. The molecule has 1 aromatic rings. The summed E-state index contributed by atoms with van der Waals surface area (Å²) in [4.78, 5) is 11.5. The van der Waals surface area contributed by atoms with E-state index in [0.29, 0.717) is 10.6 Å². The number of carbonyl (C=O) groups is 1. The molecule has 0 unspecified atom stereocenters. The summed E-state index contributed by atoms with van der Waals surface area (Å²) in [7, 11) is 0. The highest BCUT2D eigenvalue weighted by molar-refractivity contribution is 5.93. The number of amides is 1. The minimum Gasteiger partial charge on any atom is -0.285 e. The van der Waals surface area contributed by atoms with Gasteiger partial charge in [0.15, 0.2) is 0 Å². The van der Waals surface area contributed by atoms with Crippen molar-refractivity contribution in [2.75, 3.05) is 6.54 Å². The summed E-state index contributed by atoms with van der Waals surface area (Å²) in [6.07, 6.45) is 0. The van der Waals surface area contributed by atoms with Crippen molar-refractivity contribution in [3.63, 3.8) is 0 Å². The Morgan fingerprint density at radius 3 is 2.50 bits per heavy atom. The average molecular weight is 191 g/mol. The second kappa shape index (κ2) is 4.58. The maximum Gasteiger partial charge on any atom is 0.277 e. The third-order valence-corrected chi connectivity index (χ3v) is 1.67. The Labute approximate surface area is 83.2 Å². The Hall–Kier alpha value is -1.61. The van der Waals surface area contributed by atoms with E-state index >= 15 is 0 Å². The van der Waals surface area contributed by atoms with Gasteiger partial charge in [-0.15, -0.1) is 0 Å². The number of rotatable bonds is 3. The maximum absolute atomic E-state index is 11.5. The topological polar surface area (TPSA) is 40.5 Å². The van der Waals surface area contributed by atoms with Gasteiger partial charge in [-0.2, -0.15) is 0 Å². The first-order valence-corrected chi connectivity index (χ1v) is 4.31. The number of hydrogen-bond acceptors (Lipinski definition) is 2. The summed E-state index contributed by atoms with van der Waals surface area (Å²) >= 11 is 0. The van der Waals surface area contributed by atoms with E-state index in [0.717, 1.165) is 5.57 Å². The van der Waals surface area contributed by atoms with E-state index in [4.69, 9.17) is 0 Å². The van der Waals surface area contributed by atoms with Crippen LogP contribution in [0.25, 0.3) is 0 Å². The molecule has 0 bridgehead atoms. The zero-order valence-corrected chi connectivity index (χ0v) is 8.10. The molecule has 0 aliphatic carbocycles. The lowest BCUT2D eigenvalue weighted by Gasteiger charge is -2.14. The first-order valence-electron chi connectivity index (χ1n) is 4.31. The second-order valence-electron chi connectivity index (χ2n) is 3.19. The van der Waals surface area contributed by atoms with Gasteiger partial charge in [0.2, 0.25) is 0 Å². The van der Waals surface area contributed by atoms with Crippen LogP contribution in [-0.2, 0) is 0 Å². The van der Waals surface area contributed by atoms with Gasteiger partial charge in [0.1, 0.15) is 0 Å². The van der Waals surface area contributed by atoms with Crippen molar-refractivity contribution in [1.82, 2.24) is 5.06 Å². The van der Waals surface area contributed by atoms with Gasteiger partial charge in [-0.25, -0.2) is 5.06 Å². The Morgan fingerprint density at radius 1 is 1.43 bits per heavy atom. The highest BCUT2D eigenvalue weighted by Gasteiger charge is 2.12. The van der Waals surface area contributed by atoms with Gasteiger partial charge in [0, 0.05) is 5.56 Å². The van der Waals surface area contributed by atoms with Crippen molar-refractivity contribution in [3.8, 4) is 0 Å². The molecule has 0 saturated heterocycles. The Bertz CT molecular complexity index is 332. The Kier molecular flexibility index (Phi) is 3.42. The van der Waals surface area contributed by atoms with Gasteiger partial charge < -0.3 is 0 Å². The van der Waals surface area contributed by atoms with E-state index in [9.17, 15) is 10.0 Å². The largest absolute Gasteiger partial charge is 0.285 e. The molecule has 1 rings (SSSR count). The van der Waals surface area contributed by atoms with Crippen LogP contribution in [0.5, 0.6) is 0 Å². The molecule has 1 N–H and O–H groups in total. The average Bonchev–Trinajstić information content (AvgIpc) is 2.17. The van der Waals surface area contributed by atoms with E-state index in [1.54, 1.807) is 31.2 Å². The molecule has 0 saturated carbocycles. The predicted molar refractivity (Wildman–Crippen MR) is 54.1 cm³/mol. The van der Waals surface area contributed by atoms with Crippen LogP contribution >= 0.6 is 0 Å². The summed E-state index contributed by atoms with van der Waals surface area (Å²) in [5.74, 6) is -0.409. The van der Waals surface area contributed by atoms with Crippen LogP contribution in [0.15, 0.2) is 42.5 Å². The van der Waals surface area contributed by atoms with Crippen LogP contribution in [0.1, 0.15) is 17.3 Å². The number of hydroxylamine groups is 2. The molecule has 74 valence electrons. The lowest BCUT2D eigenvalue weighted by molar-refractivity contribution is -0.0511. The molecule has 0 heterocycles. The third kappa shape index (κ3) is 2.71. The van der Waals surface area contributed by atoms with E-state index in [2.05, 4.69) is 6.58 Å². The maximum atomic E-state index is 11.5. The fourth-order valence-corrected chi connectivity index (χ4v) is 1.06. The number of carbonyl (C=O) groups excluding carboxylic acids is 1. The molecule has 1 aromatic carbocycles. The van der Waals surface area contributed by atoms with Gasteiger partial charge in [-0.1, -0.05) is 30.4 Å².